The molecule has 0 aliphatic heterocycles. The van der Waals surface area contributed by atoms with Crippen LogP contribution < -0.4 is 5.32 Å². The van der Waals surface area contributed by atoms with Crippen LogP contribution in [-0.2, 0) is 22.7 Å². The van der Waals surface area contributed by atoms with Crippen molar-refractivity contribution in [3.63, 3.8) is 0 Å². The van der Waals surface area contributed by atoms with Crippen LogP contribution >= 0.6 is 0 Å². The Morgan fingerprint density at radius 2 is 1.96 bits per heavy atom. The largest absolute Gasteiger partial charge is 0.365 e. The van der Waals surface area contributed by atoms with E-state index in [1.165, 1.54) is 12.1 Å². The lowest BCUT2D eigenvalue weighted by Gasteiger charge is -2.07. The summed E-state index contributed by atoms with van der Waals surface area (Å²) in [6, 6.07) is 15.5. The maximum atomic E-state index is 12.9. The third-order valence-electron chi connectivity index (χ3n) is 3.91. The number of amides is 1. The molecule has 0 spiro atoms. The van der Waals surface area contributed by atoms with Gasteiger partial charge in [-0.1, -0.05) is 29.4 Å². The van der Waals surface area contributed by atoms with E-state index in [-0.39, 0.29) is 24.9 Å². The van der Waals surface area contributed by atoms with Crippen LogP contribution in [0.1, 0.15) is 16.8 Å². The standard InChI is InChI=1S/C20H19FN2O3/c1-14-4-2-3-5-16(14)11-22-20(24)13-25-12-18-10-19(26-23-18)15-6-8-17(21)9-7-15/h2-10H,11-13H2,1H3,(H,22,24). The zero-order chi connectivity index (χ0) is 18.4. The molecule has 0 saturated heterocycles. The van der Waals surface area contributed by atoms with Crippen LogP contribution in [0.5, 0.6) is 0 Å². The summed E-state index contributed by atoms with van der Waals surface area (Å²) in [7, 11) is 0. The Labute approximate surface area is 150 Å². The van der Waals surface area contributed by atoms with Crippen LogP contribution in [0.25, 0.3) is 11.3 Å². The molecule has 0 atom stereocenters. The highest BCUT2D eigenvalue weighted by Gasteiger charge is 2.08. The van der Waals surface area contributed by atoms with Crippen molar-refractivity contribution in [2.24, 2.45) is 0 Å². The van der Waals surface area contributed by atoms with Crippen molar-refractivity contribution >= 4 is 5.91 Å². The molecule has 0 bridgehead atoms. The lowest BCUT2D eigenvalue weighted by atomic mass is 10.1. The molecule has 0 unspecified atom stereocenters. The number of ether oxygens (including phenoxy) is 1. The van der Waals surface area contributed by atoms with E-state index in [0.29, 0.717) is 18.0 Å². The van der Waals surface area contributed by atoms with Gasteiger partial charge >= 0.3 is 0 Å². The number of rotatable bonds is 7. The number of benzene rings is 2. The number of halogens is 1. The number of nitrogens with zero attached hydrogens (tertiary/aromatic N) is 1. The molecule has 0 fully saturated rings. The Morgan fingerprint density at radius 3 is 2.73 bits per heavy atom. The minimum Gasteiger partial charge on any atom is -0.365 e. The van der Waals surface area contributed by atoms with E-state index in [9.17, 15) is 9.18 Å². The SMILES string of the molecule is Cc1ccccc1CNC(=O)COCc1cc(-c2ccc(F)cc2)on1. The molecule has 0 aliphatic rings. The second-order valence-electron chi connectivity index (χ2n) is 5.89. The van der Waals surface area contributed by atoms with Gasteiger partial charge in [-0.15, -0.1) is 0 Å². The van der Waals surface area contributed by atoms with E-state index in [4.69, 9.17) is 9.26 Å². The van der Waals surface area contributed by atoms with E-state index in [1.807, 2.05) is 31.2 Å². The normalized spacial score (nSPS) is 10.7. The summed E-state index contributed by atoms with van der Waals surface area (Å²) < 4.78 is 23.5. The summed E-state index contributed by atoms with van der Waals surface area (Å²) in [6.45, 7) is 2.56. The molecule has 1 amide bonds. The molecule has 1 aromatic heterocycles. The first-order valence-corrected chi connectivity index (χ1v) is 8.22. The smallest absolute Gasteiger partial charge is 0.246 e. The van der Waals surface area contributed by atoms with Gasteiger partial charge in [0, 0.05) is 18.2 Å². The van der Waals surface area contributed by atoms with E-state index < -0.39 is 0 Å². The van der Waals surface area contributed by atoms with E-state index in [1.54, 1.807) is 18.2 Å². The molecule has 1 N–H and O–H groups in total. The quantitative estimate of drug-likeness (QED) is 0.704. The maximum absolute atomic E-state index is 12.9. The summed E-state index contributed by atoms with van der Waals surface area (Å²) in [5.74, 6) is 0.0108. The van der Waals surface area contributed by atoms with Gasteiger partial charge < -0.3 is 14.6 Å². The topological polar surface area (TPSA) is 64.4 Å². The molecule has 0 radical (unpaired) electrons. The minimum atomic E-state index is -0.312. The van der Waals surface area contributed by atoms with Crippen molar-refractivity contribution in [1.29, 1.82) is 0 Å². The van der Waals surface area contributed by atoms with Crippen LogP contribution in [0.4, 0.5) is 4.39 Å². The molecule has 3 rings (SSSR count). The second-order valence-corrected chi connectivity index (χ2v) is 5.89. The van der Waals surface area contributed by atoms with Crippen LogP contribution in [0.3, 0.4) is 0 Å². The first-order chi connectivity index (χ1) is 12.6. The zero-order valence-corrected chi connectivity index (χ0v) is 14.4. The summed E-state index contributed by atoms with van der Waals surface area (Å²) in [5, 5.41) is 6.71. The third kappa shape index (κ3) is 4.77. The second kappa shape index (κ2) is 8.40. The van der Waals surface area contributed by atoms with Gasteiger partial charge in [-0.3, -0.25) is 4.79 Å². The molecule has 2 aromatic carbocycles. The van der Waals surface area contributed by atoms with Crippen LogP contribution in [0.15, 0.2) is 59.1 Å². The summed E-state index contributed by atoms with van der Waals surface area (Å²) in [6.07, 6.45) is 0. The number of nitrogens with one attached hydrogen (secondary N) is 1. The molecular weight excluding hydrogens is 335 g/mol. The molecule has 0 saturated carbocycles. The number of hydrogen-bond acceptors (Lipinski definition) is 4. The van der Waals surface area contributed by atoms with Gasteiger partial charge in [-0.25, -0.2) is 4.39 Å². The van der Waals surface area contributed by atoms with Crippen LogP contribution in [-0.4, -0.2) is 17.7 Å². The zero-order valence-electron chi connectivity index (χ0n) is 14.4. The number of carbonyl (C=O) groups is 1. The van der Waals surface area contributed by atoms with Gasteiger partial charge in [0.15, 0.2) is 5.76 Å². The molecule has 26 heavy (non-hydrogen) atoms. The van der Waals surface area contributed by atoms with Gasteiger partial charge in [0.2, 0.25) is 5.91 Å². The van der Waals surface area contributed by atoms with Crippen molar-refractivity contribution in [2.45, 2.75) is 20.1 Å². The third-order valence-corrected chi connectivity index (χ3v) is 3.91. The van der Waals surface area contributed by atoms with Crippen molar-refractivity contribution in [1.82, 2.24) is 10.5 Å². The fourth-order valence-corrected chi connectivity index (χ4v) is 2.43. The van der Waals surface area contributed by atoms with Gasteiger partial charge in [0.05, 0.1) is 6.61 Å². The van der Waals surface area contributed by atoms with E-state index in [2.05, 4.69) is 10.5 Å². The fourth-order valence-electron chi connectivity index (χ4n) is 2.43. The van der Waals surface area contributed by atoms with Crippen LogP contribution in [0.2, 0.25) is 0 Å². The van der Waals surface area contributed by atoms with E-state index in [0.717, 1.165) is 16.7 Å². The Kier molecular flexibility index (Phi) is 5.76. The highest BCUT2D eigenvalue weighted by Crippen LogP contribution is 2.20. The van der Waals surface area contributed by atoms with Crippen molar-refractivity contribution < 1.29 is 18.4 Å². The van der Waals surface area contributed by atoms with Gasteiger partial charge in [0.1, 0.15) is 18.1 Å². The van der Waals surface area contributed by atoms with Crippen molar-refractivity contribution in [2.75, 3.05) is 6.61 Å². The minimum absolute atomic E-state index is 0.0649. The molecule has 1 heterocycles. The van der Waals surface area contributed by atoms with E-state index >= 15 is 0 Å². The Bertz CT molecular complexity index is 875. The summed E-state index contributed by atoms with van der Waals surface area (Å²) >= 11 is 0. The summed E-state index contributed by atoms with van der Waals surface area (Å²) in [4.78, 5) is 11.9. The average molecular weight is 354 g/mol. The lowest BCUT2D eigenvalue weighted by Crippen LogP contribution is -2.27. The van der Waals surface area contributed by atoms with Crippen molar-refractivity contribution in [3.05, 3.63) is 77.2 Å². The Hall–Kier alpha value is -2.99. The number of aromatic nitrogens is 1. The van der Waals surface area contributed by atoms with Gasteiger partial charge in [0.25, 0.3) is 0 Å². The summed E-state index contributed by atoms with van der Waals surface area (Å²) in [5.41, 5.74) is 3.49. The van der Waals surface area contributed by atoms with Crippen molar-refractivity contribution in [3.8, 4) is 11.3 Å². The average Bonchev–Trinajstić information content (AvgIpc) is 3.10. The molecule has 6 heteroatoms. The highest BCUT2D eigenvalue weighted by atomic mass is 19.1. The lowest BCUT2D eigenvalue weighted by molar-refractivity contribution is -0.126. The number of aryl methyl sites for hydroxylation is 1. The highest BCUT2D eigenvalue weighted by molar-refractivity contribution is 5.77. The Balaban J connectivity index is 1.44. The monoisotopic (exact) mass is 354 g/mol. The maximum Gasteiger partial charge on any atom is 0.246 e. The first kappa shape index (κ1) is 17.8. The van der Waals surface area contributed by atoms with Gasteiger partial charge in [-0.2, -0.15) is 0 Å². The Morgan fingerprint density at radius 1 is 1.19 bits per heavy atom. The van der Waals surface area contributed by atoms with Crippen LogP contribution in [0, 0.1) is 12.7 Å². The number of hydrogen-bond donors (Lipinski definition) is 1. The van der Waals surface area contributed by atoms with Gasteiger partial charge in [-0.05, 0) is 42.3 Å². The molecule has 5 nitrogen and oxygen atoms in total. The molecule has 0 aliphatic carbocycles. The number of carbonyl (C=O) groups excluding carboxylic acids is 1. The first-order valence-electron chi connectivity index (χ1n) is 8.22. The fraction of sp³-hybridized carbons (Fsp3) is 0.200. The molecular formula is C20H19FN2O3. The predicted octanol–water partition coefficient (Wildman–Crippen LogP) is 3.62. The molecule has 3 aromatic rings. The molecule has 134 valence electrons. The predicted molar refractivity (Wildman–Crippen MR) is 94.6 cm³/mol.